The van der Waals surface area contributed by atoms with Gasteiger partial charge in [0.2, 0.25) is 0 Å². The first-order valence-corrected chi connectivity index (χ1v) is 13.6. The van der Waals surface area contributed by atoms with Crippen molar-refractivity contribution in [1.29, 1.82) is 0 Å². The third-order valence-electron chi connectivity index (χ3n) is 11.3. The molecule has 0 saturated heterocycles. The molecule has 3 N–H and O–H groups in total. The van der Waals surface area contributed by atoms with Crippen molar-refractivity contribution in [2.75, 3.05) is 0 Å². The molecule has 2 fully saturated rings. The lowest BCUT2D eigenvalue weighted by molar-refractivity contribution is -0.145. The van der Waals surface area contributed by atoms with Crippen molar-refractivity contribution < 1.29 is 34.5 Å². The van der Waals surface area contributed by atoms with Crippen LogP contribution in [0.25, 0.3) is 0 Å². The second-order valence-corrected chi connectivity index (χ2v) is 13.5. The number of carbonyl (C=O) groups excluding carboxylic acids is 3. The van der Waals surface area contributed by atoms with Gasteiger partial charge in [-0.3, -0.25) is 14.4 Å². The lowest BCUT2D eigenvalue weighted by Gasteiger charge is -2.60. The molecule has 0 bridgehead atoms. The summed E-state index contributed by atoms with van der Waals surface area (Å²) in [7, 11) is 0. The average molecular weight is 515 g/mol. The minimum Gasteiger partial charge on any atom is -0.478 e. The second-order valence-electron chi connectivity index (χ2n) is 13.5. The lowest BCUT2D eigenvalue weighted by atomic mass is 9.42. The van der Waals surface area contributed by atoms with E-state index in [1.807, 2.05) is 41.5 Å². The lowest BCUT2D eigenvalue weighted by Crippen LogP contribution is -2.59. The fourth-order valence-corrected chi connectivity index (χ4v) is 8.80. The van der Waals surface area contributed by atoms with Crippen LogP contribution in [-0.2, 0) is 19.2 Å². The molecule has 4 rings (SSSR count). The Morgan fingerprint density at radius 3 is 2.27 bits per heavy atom. The van der Waals surface area contributed by atoms with Crippen LogP contribution >= 0.6 is 0 Å². The van der Waals surface area contributed by atoms with Crippen molar-refractivity contribution in [3.05, 3.63) is 22.8 Å². The SMILES string of the molecule is CC(=C[C@@H](O)C[C@@H](C)C1CC(=O)[C@@]2(C)C3=C(C(=O)C[C@]12C)[C@@]1(C)CC[C@H](O)C(C)(C)[C@@H]1CC3=O)C(=O)O. The van der Waals surface area contributed by atoms with Gasteiger partial charge in [0.1, 0.15) is 5.78 Å². The zero-order chi connectivity index (χ0) is 27.9. The molecule has 0 aromatic carbocycles. The van der Waals surface area contributed by atoms with Crippen molar-refractivity contribution in [3.63, 3.8) is 0 Å². The van der Waals surface area contributed by atoms with Gasteiger partial charge < -0.3 is 15.3 Å². The molecule has 0 amide bonds. The zero-order valence-electron chi connectivity index (χ0n) is 23.2. The Morgan fingerprint density at radius 2 is 1.68 bits per heavy atom. The summed E-state index contributed by atoms with van der Waals surface area (Å²) in [6, 6.07) is 0. The average Bonchev–Trinajstić information content (AvgIpc) is 2.99. The van der Waals surface area contributed by atoms with Crippen molar-refractivity contribution >= 4 is 23.3 Å². The Balaban J connectivity index is 1.78. The van der Waals surface area contributed by atoms with Crippen LogP contribution in [0.4, 0.5) is 0 Å². The molecule has 37 heavy (non-hydrogen) atoms. The molecule has 0 aromatic rings. The molecule has 0 aliphatic heterocycles. The molecule has 7 nitrogen and oxygen atoms in total. The summed E-state index contributed by atoms with van der Waals surface area (Å²) < 4.78 is 0. The monoisotopic (exact) mass is 514 g/mol. The maximum atomic E-state index is 14.0. The summed E-state index contributed by atoms with van der Waals surface area (Å²) in [5.74, 6) is -1.95. The maximum Gasteiger partial charge on any atom is 0.331 e. The highest BCUT2D eigenvalue weighted by Crippen LogP contribution is 2.70. The van der Waals surface area contributed by atoms with Gasteiger partial charge in [0.05, 0.1) is 17.6 Å². The second kappa shape index (κ2) is 8.70. The van der Waals surface area contributed by atoms with E-state index in [0.29, 0.717) is 24.0 Å². The van der Waals surface area contributed by atoms with E-state index in [9.17, 15) is 29.4 Å². The van der Waals surface area contributed by atoms with Crippen LogP contribution in [0.15, 0.2) is 22.8 Å². The van der Waals surface area contributed by atoms with Crippen LogP contribution in [0.2, 0.25) is 0 Å². The van der Waals surface area contributed by atoms with Gasteiger partial charge >= 0.3 is 5.97 Å². The Morgan fingerprint density at radius 1 is 1.05 bits per heavy atom. The number of hydrogen-bond acceptors (Lipinski definition) is 6. The molecule has 4 aliphatic rings. The Labute approximate surface area is 219 Å². The van der Waals surface area contributed by atoms with Gasteiger partial charge in [0.15, 0.2) is 11.6 Å². The van der Waals surface area contributed by atoms with E-state index >= 15 is 0 Å². The number of Topliss-reactive ketones (excluding diaryl/α,β-unsaturated/α-hetero) is 3. The minimum absolute atomic E-state index is 0.0379. The number of ketones is 3. The number of carbonyl (C=O) groups is 4. The maximum absolute atomic E-state index is 14.0. The minimum atomic E-state index is -1.10. The number of aliphatic carboxylic acids is 1. The highest BCUT2D eigenvalue weighted by atomic mass is 16.4. The predicted octanol–water partition coefficient (Wildman–Crippen LogP) is 4.05. The molecule has 0 aromatic heterocycles. The fraction of sp³-hybridized carbons (Fsp3) is 0.733. The van der Waals surface area contributed by atoms with Crippen LogP contribution in [0.3, 0.4) is 0 Å². The van der Waals surface area contributed by atoms with Gasteiger partial charge in [-0.1, -0.05) is 34.6 Å². The number of aliphatic hydroxyl groups excluding tert-OH is 2. The standard InChI is InChI=1S/C30H42O7/c1-15(10-17(31)11-16(2)26(36)37)18-12-23(35)30(7)25-19(32)13-21-27(3,4)22(34)8-9-28(21,5)24(25)20(33)14-29(18,30)6/h11,15,17-18,21-22,31,34H,8-10,12-14H2,1-7H3,(H,36,37)/t15-,17+,18?,21+,22+,28+,29-,30+/m1/s1. The van der Waals surface area contributed by atoms with Gasteiger partial charge in [-0.05, 0) is 67.8 Å². The van der Waals surface area contributed by atoms with Crippen LogP contribution in [0.5, 0.6) is 0 Å². The van der Waals surface area contributed by atoms with Gasteiger partial charge in [-0.25, -0.2) is 4.79 Å². The molecular formula is C30H42O7. The van der Waals surface area contributed by atoms with Crippen LogP contribution in [0, 0.1) is 39.4 Å². The van der Waals surface area contributed by atoms with Gasteiger partial charge in [-0.15, -0.1) is 0 Å². The summed E-state index contributed by atoms with van der Waals surface area (Å²) in [5, 5.41) is 30.4. The Hall–Kier alpha value is -2.12. The van der Waals surface area contributed by atoms with Gasteiger partial charge in [0, 0.05) is 41.4 Å². The van der Waals surface area contributed by atoms with E-state index in [1.54, 1.807) is 0 Å². The number of carboxylic acids is 1. The van der Waals surface area contributed by atoms with Gasteiger partial charge in [0.25, 0.3) is 0 Å². The number of rotatable bonds is 5. The molecule has 204 valence electrons. The largest absolute Gasteiger partial charge is 0.478 e. The van der Waals surface area contributed by atoms with E-state index in [0.717, 1.165) is 0 Å². The van der Waals surface area contributed by atoms with E-state index in [2.05, 4.69) is 0 Å². The quantitative estimate of drug-likeness (QED) is 0.472. The van der Waals surface area contributed by atoms with E-state index in [1.165, 1.54) is 13.0 Å². The molecule has 4 aliphatic carbocycles. The molecule has 7 heteroatoms. The third kappa shape index (κ3) is 3.75. The fourth-order valence-electron chi connectivity index (χ4n) is 8.80. The smallest absolute Gasteiger partial charge is 0.331 e. The number of allylic oxidation sites excluding steroid dienone is 2. The molecule has 8 atom stereocenters. The first kappa shape index (κ1) is 27.9. The van der Waals surface area contributed by atoms with E-state index in [-0.39, 0.29) is 66.4 Å². The summed E-state index contributed by atoms with van der Waals surface area (Å²) in [5.41, 5.74) is -2.01. The van der Waals surface area contributed by atoms with Crippen LogP contribution in [-0.4, -0.2) is 50.8 Å². The summed E-state index contributed by atoms with van der Waals surface area (Å²) in [6.45, 7) is 13.1. The molecule has 0 heterocycles. The van der Waals surface area contributed by atoms with E-state index < -0.39 is 39.8 Å². The number of fused-ring (bicyclic) bond motifs is 4. The van der Waals surface area contributed by atoms with Crippen LogP contribution < -0.4 is 0 Å². The molecule has 0 radical (unpaired) electrons. The van der Waals surface area contributed by atoms with E-state index in [4.69, 9.17) is 5.11 Å². The molecule has 0 spiro atoms. The summed E-state index contributed by atoms with van der Waals surface area (Å²) in [6.07, 6.45) is 1.75. The number of carboxylic acid groups (broad SMARTS) is 1. The highest BCUT2D eigenvalue weighted by Gasteiger charge is 2.70. The van der Waals surface area contributed by atoms with Crippen molar-refractivity contribution in [3.8, 4) is 0 Å². The Kier molecular flexibility index (Phi) is 6.56. The Bertz CT molecular complexity index is 1130. The molecule has 2 saturated carbocycles. The zero-order valence-corrected chi connectivity index (χ0v) is 23.2. The first-order valence-electron chi connectivity index (χ1n) is 13.6. The molecule has 1 unspecified atom stereocenters. The highest BCUT2D eigenvalue weighted by molar-refractivity contribution is 6.16. The topological polar surface area (TPSA) is 129 Å². The predicted molar refractivity (Wildman–Crippen MR) is 137 cm³/mol. The first-order chi connectivity index (χ1) is 16.9. The number of aliphatic hydroxyl groups is 2. The summed E-state index contributed by atoms with van der Waals surface area (Å²) >= 11 is 0. The van der Waals surface area contributed by atoms with Crippen molar-refractivity contribution in [2.45, 2.75) is 99.2 Å². The number of hydrogen-bond donors (Lipinski definition) is 3. The van der Waals surface area contributed by atoms with Crippen molar-refractivity contribution in [1.82, 2.24) is 0 Å². The summed E-state index contributed by atoms with van der Waals surface area (Å²) in [4.78, 5) is 53.0. The van der Waals surface area contributed by atoms with Gasteiger partial charge in [-0.2, -0.15) is 0 Å². The third-order valence-corrected chi connectivity index (χ3v) is 11.3. The van der Waals surface area contributed by atoms with Crippen molar-refractivity contribution in [2.24, 2.45) is 39.4 Å². The molecular weight excluding hydrogens is 472 g/mol. The normalized spacial score (nSPS) is 41.2. The van der Waals surface area contributed by atoms with Crippen LogP contribution in [0.1, 0.15) is 87.0 Å².